The Bertz CT molecular complexity index is 1010. The minimum Gasteiger partial charge on any atom is -0.449 e. The lowest BCUT2D eigenvalue weighted by atomic mass is 10.0. The number of rotatable bonds is 5. The quantitative estimate of drug-likeness (QED) is 0.534. The van der Waals surface area contributed by atoms with Crippen molar-refractivity contribution in [2.45, 2.75) is 13.0 Å². The van der Waals surface area contributed by atoms with Crippen LogP contribution in [0, 0.1) is 0 Å². The van der Waals surface area contributed by atoms with Crippen molar-refractivity contribution in [3.8, 4) is 11.1 Å². The normalized spacial score (nSPS) is 11.5. The Morgan fingerprint density at radius 2 is 1.57 bits per heavy atom. The summed E-state index contributed by atoms with van der Waals surface area (Å²) in [7, 11) is 0. The van der Waals surface area contributed by atoms with Crippen LogP contribution >= 0.6 is 23.2 Å². The molecule has 4 nitrogen and oxygen atoms in total. The maximum atomic E-state index is 12.5. The molecule has 3 aromatic carbocycles. The van der Waals surface area contributed by atoms with Crippen molar-refractivity contribution in [1.29, 1.82) is 0 Å². The van der Waals surface area contributed by atoms with Gasteiger partial charge in [0, 0.05) is 11.3 Å². The zero-order valence-electron chi connectivity index (χ0n) is 15.0. The van der Waals surface area contributed by atoms with Crippen molar-refractivity contribution in [2.75, 3.05) is 5.32 Å². The van der Waals surface area contributed by atoms with E-state index in [0.717, 1.165) is 11.1 Å². The number of hydrogen-bond acceptors (Lipinski definition) is 3. The summed E-state index contributed by atoms with van der Waals surface area (Å²) in [6.07, 6.45) is -0.995. The Morgan fingerprint density at radius 1 is 0.893 bits per heavy atom. The summed E-state index contributed by atoms with van der Waals surface area (Å²) in [5.74, 6) is -1.09. The number of nitrogens with one attached hydrogen (secondary N) is 1. The van der Waals surface area contributed by atoms with E-state index in [-0.39, 0.29) is 10.6 Å². The van der Waals surface area contributed by atoms with Gasteiger partial charge in [-0.1, -0.05) is 71.7 Å². The predicted octanol–water partition coefficient (Wildman–Crippen LogP) is 5.84. The van der Waals surface area contributed by atoms with E-state index in [0.29, 0.717) is 10.7 Å². The second-order valence-corrected chi connectivity index (χ2v) is 6.89. The molecular formula is C22H17Cl2NO3. The average Bonchev–Trinajstić information content (AvgIpc) is 2.71. The summed E-state index contributed by atoms with van der Waals surface area (Å²) in [6, 6.07) is 21.5. The van der Waals surface area contributed by atoms with Gasteiger partial charge in [-0.2, -0.15) is 0 Å². The zero-order chi connectivity index (χ0) is 20.1. The van der Waals surface area contributed by atoms with Gasteiger partial charge in [-0.15, -0.1) is 0 Å². The molecule has 3 rings (SSSR count). The maximum absolute atomic E-state index is 12.5. The molecule has 0 spiro atoms. The number of carbonyl (C=O) groups is 2. The van der Waals surface area contributed by atoms with Gasteiger partial charge in [-0.25, -0.2) is 4.79 Å². The van der Waals surface area contributed by atoms with E-state index in [2.05, 4.69) is 5.32 Å². The van der Waals surface area contributed by atoms with Crippen molar-refractivity contribution in [3.05, 3.63) is 88.4 Å². The molecule has 28 heavy (non-hydrogen) atoms. The van der Waals surface area contributed by atoms with E-state index in [9.17, 15) is 9.59 Å². The third kappa shape index (κ3) is 4.71. The number of amides is 1. The van der Waals surface area contributed by atoms with E-state index in [1.807, 2.05) is 48.5 Å². The highest BCUT2D eigenvalue weighted by molar-refractivity contribution is 6.42. The number of hydrogen-bond donors (Lipinski definition) is 1. The zero-order valence-corrected chi connectivity index (χ0v) is 16.5. The van der Waals surface area contributed by atoms with Gasteiger partial charge in [0.1, 0.15) is 0 Å². The molecule has 0 saturated heterocycles. The average molecular weight is 414 g/mol. The molecule has 0 aliphatic carbocycles. The van der Waals surface area contributed by atoms with Gasteiger partial charge in [-0.05, 0) is 36.8 Å². The second kappa shape index (κ2) is 8.91. The molecule has 6 heteroatoms. The van der Waals surface area contributed by atoms with Gasteiger partial charge in [-0.3, -0.25) is 4.79 Å². The van der Waals surface area contributed by atoms with Crippen LogP contribution in [0.25, 0.3) is 11.1 Å². The first-order valence-electron chi connectivity index (χ1n) is 8.57. The topological polar surface area (TPSA) is 55.4 Å². The molecule has 0 aliphatic heterocycles. The van der Waals surface area contributed by atoms with E-state index in [1.54, 1.807) is 6.07 Å². The molecule has 1 amide bonds. The number of ether oxygens (including phenoxy) is 1. The number of benzene rings is 3. The van der Waals surface area contributed by atoms with Gasteiger partial charge in [0.2, 0.25) is 0 Å². The number of anilines is 1. The van der Waals surface area contributed by atoms with Crippen molar-refractivity contribution >= 4 is 40.8 Å². The number of para-hydroxylation sites is 1. The van der Waals surface area contributed by atoms with Gasteiger partial charge >= 0.3 is 5.97 Å². The highest BCUT2D eigenvalue weighted by atomic mass is 35.5. The Balaban J connectivity index is 1.71. The molecule has 0 heterocycles. The Hall–Kier alpha value is -2.82. The van der Waals surface area contributed by atoms with Crippen LogP contribution < -0.4 is 5.32 Å². The first-order valence-corrected chi connectivity index (χ1v) is 9.32. The minimum absolute atomic E-state index is 0.221. The van der Waals surface area contributed by atoms with E-state index >= 15 is 0 Å². The molecular weight excluding hydrogens is 397 g/mol. The molecule has 0 unspecified atom stereocenters. The summed E-state index contributed by atoms with van der Waals surface area (Å²) in [5, 5.41) is 3.40. The third-order valence-corrected chi connectivity index (χ3v) is 4.82. The van der Waals surface area contributed by atoms with Gasteiger partial charge in [0.25, 0.3) is 5.91 Å². The van der Waals surface area contributed by atoms with Crippen molar-refractivity contribution in [3.63, 3.8) is 0 Å². The molecule has 0 radical (unpaired) electrons. The standard InChI is InChI=1S/C22H17Cl2NO3/c1-14(28-22(27)16-11-12-18(23)19(24)13-16)21(26)25-20-10-6-5-9-17(20)15-7-3-2-4-8-15/h2-14H,1H3,(H,25,26)/t14-/m1/s1. The lowest BCUT2D eigenvalue weighted by molar-refractivity contribution is -0.123. The fourth-order valence-corrected chi connectivity index (χ4v) is 2.90. The summed E-state index contributed by atoms with van der Waals surface area (Å²) in [5.41, 5.74) is 2.70. The molecule has 1 atom stereocenters. The molecule has 0 aromatic heterocycles. The van der Waals surface area contributed by atoms with Crippen LogP contribution in [0.15, 0.2) is 72.8 Å². The predicted molar refractivity (Wildman–Crippen MR) is 112 cm³/mol. The summed E-state index contributed by atoms with van der Waals surface area (Å²) in [4.78, 5) is 24.8. The van der Waals surface area contributed by atoms with Crippen LogP contribution in [0.5, 0.6) is 0 Å². The van der Waals surface area contributed by atoms with Gasteiger partial charge < -0.3 is 10.1 Å². The van der Waals surface area contributed by atoms with Crippen molar-refractivity contribution in [2.24, 2.45) is 0 Å². The fraction of sp³-hybridized carbons (Fsp3) is 0.0909. The first kappa shape index (κ1) is 19.9. The van der Waals surface area contributed by atoms with Crippen LogP contribution in [0.3, 0.4) is 0 Å². The van der Waals surface area contributed by atoms with Crippen LogP contribution in [0.4, 0.5) is 5.69 Å². The highest BCUT2D eigenvalue weighted by Crippen LogP contribution is 2.28. The van der Waals surface area contributed by atoms with Crippen LogP contribution in [-0.2, 0) is 9.53 Å². The Morgan fingerprint density at radius 3 is 2.29 bits per heavy atom. The molecule has 142 valence electrons. The molecule has 0 saturated carbocycles. The van der Waals surface area contributed by atoms with Gasteiger partial charge in [0.15, 0.2) is 6.10 Å². The Kier molecular flexibility index (Phi) is 6.34. The largest absolute Gasteiger partial charge is 0.449 e. The number of halogens is 2. The third-order valence-electron chi connectivity index (χ3n) is 4.08. The molecule has 1 N–H and O–H groups in total. The van der Waals surface area contributed by atoms with Crippen LogP contribution in [0.1, 0.15) is 17.3 Å². The summed E-state index contributed by atoms with van der Waals surface area (Å²) < 4.78 is 5.26. The van der Waals surface area contributed by atoms with E-state index in [1.165, 1.54) is 25.1 Å². The lowest BCUT2D eigenvalue weighted by Crippen LogP contribution is -2.30. The second-order valence-electron chi connectivity index (χ2n) is 6.08. The van der Waals surface area contributed by atoms with E-state index < -0.39 is 18.0 Å². The highest BCUT2D eigenvalue weighted by Gasteiger charge is 2.20. The maximum Gasteiger partial charge on any atom is 0.338 e. The summed E-state index contributed by atoms with van der Waals surface area (Å²) in [6.45, 7) is 1.51. The molecule has 0 fully saturated rings. The summed E-state index contributed by atoms with van der Waals surface area (Å²) >= 11 is 11.8. The van der Waals surface area contributed by atoms with Crippen LogP contribution in [0.2, 0.25) is 10.0 Å². The van der Waals surface area contributed by atoms with E-state index in [4.69, 9.17) is 27.9 Å². The van der Waals surface area contributed by atoms with Gasteiger partial charge in [0.05, 0.1) is 15.6 Å². The minimum atomic E-state index is -0.995. The van der Waals surface area contributed by atoms with Crippen molar-refractivity contribution in [1.82, 2.24) is 0 Å². The monoisotopic (exact) mass is 413 g/mol. The number of carbonyl (C=O) groups excluding carboxylic acids is 2. The Labute approximate surface area is 173 Å². The number of esters is 1. The first-order chi connectivity index (χ1) is 13.5. The fourth-order valence-electron chi connectivity index (χ4n) is 2.60. The van der Waals surface area contributed by atoms with Crippen molar-refractivity contribution < 1.29 is 14.3 Å². The molecule has 0 bridgehead atoms. The van der Waals surface area contributed by atoms with Crippen LogP contribution in [-0.4, -0.2) is 18.0 Å². The molecule has 3 aromatic rings. The molecule has 0 aliphatic rings. The lowest BCUT2D eigenvalue weighted by Gasteiger charge is -2.16. The smallest absolute Gasteiger partial charge is 0.338 e. The SMILES string of the molecule is C[C@@H](OC(=O)c1ccc(Cl)c(Cl)c1)C(=O)Nc1ccccc1-c1ccccc1.